The fraction of sp³-hybridized carbons (Fsp3) is 0.417. The van der Waals surface area contributed by atoms with Crippen LogP contribution in [0.2, 0.25) is 0 Å². The number of nitrogens with zero attached hydrogens (tertiary/aromatic N) is 2. The third kappa shape index (κ3) is 2.74. The molecule has 0 saturated carbocycles. The number of hydrogen-bond donors (Lipinski definition) is 1. The van der Waals surface area contributed by atoms with Gasteiger partial charge in [-0.15, -0.1) is 0 Å². The average Bonchev–Trinajstić information content (AvgIpc) is 2.46. The van der Waals surface area contributed by atoms with E-state index in [9.17, 15) is 23.3 Å². The average molecular weight is 313 g/mol. The molecule has 0 spiro atoms. The molecule has 1 fully saturated rings. The Bertz CT molecular complexity index is 673. The molecule has 0 radical (unpaired) electrons. The molecule has 1 unspecified atom stereocenters. The second-order valence-electron chi connectivity index (χ2n) is 4.56. The Kier molecular flexibility index (Phi) is 4.24. The van der Waals surface area contributed by atoms with Crippen LogP contribution in [0.5, 0.6) is 0 Å². The van der Waals surface area contributed by atoms with E-state index in [2.05, 4.69) is 5.32 Å². The maximum Gasteiger partial charge on any atom is 0.289 e. The van der Waals surface area contributed by atoms with Crippen LogP contribution in [-0.4, -0.2) is 42.7 Å². The van der Waals surface area contributed by atoms with E-state index in [0.717, 1.165) is 10.4 Å². The summed E-state index contributed by atoms with van der Waals surface area (Å²) < 4.78 is 26.4. The summed E-state index contributed by atoms with van der Waals surface area (Å²) in [7, 11) is -4.10. The summed E-state index contributed by atoms with van der Waals surface area (Å²) in [5, 5.41) is 13.6. The number of nitrogens with one attached hydrogen (secondary N) is 1. The van der Waals surface area contributed by atoms with Crippen molar-refractivity contribution in [2.75, 3.05) is 13.1 Å². The van der Waals surface area contributed by atoms with E-state index in [0.29, 0.717) is 6.42 Å². The highest BCUT2D eigenvalue weighted by molar-refractivity contribution is 7.89. The molecular formula is C12H15N3O5S. The third-order valence-electron chi connectivity index (χ3n) is 3.32. The van der Waals surface area contributed by atoms with Crippen LogP contribution in [0.15, 0.2) is 29.2 Å². The van der Waals surface area contributed by atoms with Crippen LogP contribution >= 0.6 is 0 Å². The summed E-state index contributed by atoms with van der Waals surface area (Å²) in [6.07, 6.45) is 0.297. The maximum atomic E-state index is 12.7. The van der Waals surface area contributed by atoms with Gasteiger partial charge in [-0.2, -0.15) is 4.31 Å². The summed E-state index contributed by atoms with van der Waals surface area (Å²) in [6, 6.07) is 4.30. The molecule has 1 aliphatic heterocycles. The van der Waals surface area contributed by atoms with Crippen molar-refractivity contribution < 1.29 is 18.1 Å². The molecule has 1 aliphatic rings. The molecule has 9 heteroatoms. The zero-order valence-corrected chi connectivity index (χ0v) is 12.2. The van der Waals surface area contributed by atoms with E-state index in [1.165, 1.54) is 18.2 Å². The van der Waals surface area contributed by atoms with Crippen LogP contribution in [0, 0.1) is 10.1 Å². The Morgan fingerprint density at radius 2 is 2.10 bits per heavy atom. The van der Waals surface area contributed by atoms with Gasteiger partial charge in [0.1, 0.15) is 6.04 Å². The van der Waals surface area contributed by atoms with Gasteiger partial charge in [0, 0.05) is 19.2 Å². The summed E-state index contributed by atoms with van der Waals surface area (Å²) in [6.45, 7) is 1.98. The van der Waals surface area contributed by atoms with Crippen LogP contribution in [-0.2, 0) is 14.8 Å². The van der Waals surface area contributed by atoms with Crippen molar-refractivity contribution in [1.29, 1.82) is 0 Å². The third-order valence-corrected chi connectivity index (χ3v) is 5.27. The van der Waals surface area contributed by atoms with Gasteiger partial charge in [0.15, 0.2) is 4.90 Å². The Morgan fingerprint density at radius 3 is 2.71 bits per heavy atom. The van der Waals surface area contributed by atoms with Gasteiger partial charge in [0.2, 0.25) is 5.91 Å². The van der Waals surface area contributed by atoms with Crippen molar-refractivity contribution in [3.63, 3.8) is 0 Å². The van der Waals surface area contributed by atoms with Gasteiger partial charge in [-0.25, -0.2) is 8.42 Å². The van der Waals surface area contributed by atoms with Gasteiger partial charge in [-0.05, 0) is 12.5 Å². The topological polar surface area (TPSA) is 110 Å². The quantitative estimate of drug-likeness (QED) is 0.642. The lowest BCUT2D eigenvalue weighted by atomic mass is 10.2. The molecule has 21 heavy (non-hydrogen) atoms. The van der Waals surface area contributed by atoms with Crippen molar-refractivity contribution in [3.05, 3.63) is 34.4 Å². The lowest BCUT2D eigenvalue weighted by Gasteiger charge is -2.33. The molecule has 0 aromatic heterocycles. The molecule has 0 aliphatic carbocycles. The predicted octanol–water partition coefficient (Wildman–Crippen LogP) is 0.494. The number of rotatable bonds is 4. The summed E-state index contributed by atoms with van der Waals surface area (Å²) in [5.41, 5.74) is -0.488. The van der Waals surface area contributed by atoms with Crippen molar-refractivity contribution in [2.24, 2.45) is 0 Å². The maximum absolute atomic E-state index is 12.7. The minimum Gasteiger partial charge on any atom is -0.353 e. The number of sulfonamides is 1. The monoisotopic (exact) mass is 313 g/mol. The van der Waals surface area contributed by atoms with E-state index in [1.54, 1.807) is 6.92 Å². The molecule has 0 bridgehead atoms. The van der Waals surface area contributed by atoms with E-state index in [-0.39, 0.29) is 23.9 Å². The van der Waals surface area contributed by atoms with Crippen molar-refractivity contribution in [2.45, 2.75) is 24.3 Å². The van der Waals surface area contributed by atoms with E-state index < -0.39 is 26.7 Å². The number of para-hydroxylation sites is 1. The largest absolute Gasteiger partial charge is 0.353 e. The second-order valence-corrected chi connectivity index (χ2v) is 6.41. The minimum absolute atomic E-state index is 0.0959. The first-order valence-electron chi connectivity index (χ1n) is 6.42. The molecule has 1 heterocycles. The van der Waals surface area contributed by atoms with E-state index >= 15 is 0 Å². The zero-order valence-electron chi connectivity index (χ0n) is 11.4. The molecule has 1 aromatic rings. The molecule has 1 atom stereocenters. The summed E-state index contributed by atoms with van der Waals surface area (Å²) in [5.74, 6) is -0.383. The van der Waals surface area contributed by atoms with Crippen LogP contribution in [0.25, 0.3) is 0 Å². The van der Waals surface area contributed by atoms with Gasteiger partial charge in [-0.3, -0.25) is 14.9 Å². The fourth-order valence-corrected chi connectivity index (χ4v) is 4.14. The Morgan fingerprint density at radius 1 is 1.43 bits per heavy atom. The highest BCUT2D eigenvalue weighted by atomic mass is 32.2. The van der Waals surface area contributed by atoms with Crippen LogP contribution in [0.4, 0.5) is 5.69 Å². The molecular weight excluding hydrogens is 298 g/mol. The van der Waals surface area contributed by atoms with Crippen LogP contribution in [0.1, 0.15) is 13.3 Å². The summed E-state index contributed by atoms with van der Waals surface area (Å²) in [4.78, 5) is 21.7. The number of benzene rings is 1. The lowest BCUT2D eigenvalue weighted by Crippen LogP contribution is -2.56. The smallest absolute Gasteiger partial charge is 0.289 e. The van der Waals surface area contributed by atoms with E-state index in [1.807, 2.05) is 0 Å². The highest BCUT2D eigenvalue weighted by Gasteiger charge is 2.40. The number of nitro groups is 1. The first-order valence-corrected chi connectivity index (χ1v) is 7.86. The first-order chi connectivity index (χ1) is 9.89. The lowest BCUT2D eigenvalue weighted by molar-refractivity contribution is -0.387. The molecule has 1 saturated heterocycles. The molecule has 114 valence electrons. The van der Waals surface area contributed by atoms with Gasteiger partial charge in [-0.1, -0.05) is 19.1 Å². The van der Waals surface area contributed by atoms with Crippen LogP contribution in [0.3, 0.4) is 0 Å². The number of piperazine rings is 1. The molecule has 1 aromatic carbocycles. The van der Waals surface area contributed by atoms with Crippen molar-refractivity contribution >= 4 is 21.6 Å². The normalized spacial score (nSPS) is 20.0. The number of carbonyl (C=O) groups is 1. The molecule has 1 N–H and O–H groups in total. The standard InChI is InChI=1S/C12H15N3O5S/c1-2-9-12(16)13-7-8-14(9)21(19,20)11-6-4-3-5-10(11)15(17)18/h3-6,9H,2,7-8H2,1H3,(H,13,16). The second kappa shape index (κ2) is 5.78. The fourth-order valence-electron chi connectivity index (χ4n) is 2.32. The molecule has 2 rings (SSSR count). The van der Waals surface area contributed by atoms with Gasteiger partial charge >= 0.3 is 0 Å². The number of carbonyl (C=O) groups excluding carboxylic acids is 1. The SMILES string of the molecule is CCC1C(=O)NCCN1S(=O)(=O)c1ccccc1[N+](=O)[O-]. The minimum atomic E-state index is -4.10. The highest BCUT2D eigenvalue weighted by Crippen LogP contribution is 2.28. The summed E-state index contributed by atoms with van der Waals surface area (Å²) >= 11 is 0. The zero-order chi connectivity index (χ0) is 15.6. The van der Waals surface area contributed by atoms with E-state index in [4.69, 9.17) is 0 Å². The van der Waals surface area contributed by atoms with Crippen LogP contribution < -0.4 is 5.32 Å². The van der Waals surface area contributed by atoms with Gasteiger partial charge < -0.3 is 5.32 Å². The Balaban J connectivity index is 2.51. The Labute approximate surface area is 122 Å². The predicted molar refractivity (Wildman–Crippen MR) is 74.1 cm³/mol. The van der Waals surface area contributed by atoms with Crippen molar-refractivity contribution in [3.8, 4) is 0 Å². The number of nitro benzene ring substituents is 1. The molecule has 1 amide bonds. The number of hydrogen-bond acceptors (Lipinski definition) is 5. The van der Waals surface area contributed by atoms with Gasteiger partial charge in [0.05, 0.1) is 4.92 Å². The molecule has 8 nitrogen and oxygen atoms in total. The van der Waals surface area contributed by atoms with Gasteiger partial charge in [0.25, 0.3) is 15.7 Å². The van der Waals surface area contributed by atoms with Crippen molar-refractivity contribution in [1.82, 2.24) is 9.62 Å². The first kappa shape index (κ1) is 15.4. The Hall–Kier alpha value is -2.00. The number of amides is 1.